The minimum atomic E-state index is -0.599. The topological polar surface area (TPSA) is 71.9 Å². The van der Waals surface area contributed by atoms with Crippen LogP contribution in [0.3, 0.4) is 0 Å². The minimum absolute atomic E-state index is 0.0704. The van der Waals surface area contributed by atoms with Crippen molar-refractivity contribution in [2.24, 2.45) is 7.05 Å². The van der Waals surface area contributed by atoms with Crippen LogP contribution in [0.25, 0.3) is 0 Å². The van der Waals surface area contributed by atoms with E-state index >= 15 is 0 Å². The highest BCUT2D eigenvalue weighted by molar-refractivity contribution is 5.90. The van der Waals surface area contributed by atoms with Crippen molar-refractivity contribution < 1.29 is 14.3 Å². The van der Waals surface area contributed by atoms with Gasteiger partial charge in [-0.05, 0) is 19.2 Å². The number of hydrogen-bond donors (Lipinski definition) is 1. The quantitative estimate of drug-likeness (QED) is 0.855. The number of aryl methyl sites for hydroxylation is 1. The Labute approximate surface area is 171 Å². The molecule has 0 spiro atoms. The molecule has 2 aromatic rings. The summed E-state index contributed by atoms with van der Waals surface area (Å²) in [5.41, 5.74) is 0.702. The largest absolute Gasteiger partial charge is 0.448 e. The Bertz CT molecular complexity index is 892. The number of likely N-dealkylation sites (N-methyl/N-ethyl adjacent to an activating group) is 1. The molecule has 156 valence electrons. The maximum Gasteiger partial charge on any atom is 0.321 e. The molecule has 1 saturated heterocycles. The molecule has 29 heavy (non-hydrogen) atoms. The second-order valence-electron chi connectivity index (χ2n) is 7.75. The van der Waals surface area contributed by atoms with Crippen LogP contribution in [-0.4, -0.2) is 57.9 Å². The molecule has 3 heterocycles. The fourth-order valence-electron chi connectivity index (χ4n) is 3.95. The third-order valence-electron chi connectivity index (χ3n) is 5.96. The third-order valence-corrected chi connectivity index (χ3v) is 5.96. The average molecular weight is 399 g/mol. The number of urea groups is 1. The summed E-state index contributed by atoms with van der Waals surface area (Å²) in [6.45, 7) is 6.14. The number of carbonyl (C=O) groups is 1. The molecule has 0 aliphatic carbocycles. The molecule has 1 atom stereocenters. The summed E-state index contributed by atoms with van der Waals surface area (Å²) in [4.78, 5) is 21.5. The van der Waals surface area contributed by atoms with Gasteiger partial charge in [-0.3, -0.25) is 4.90 Å². The lowest BCUT2D eigenvalue weighted by molar-refractivity contribution is -0.0843. The number of fused-ring (bicyclic) bond motifs is 1. The van der Waals surface area contributed by atoms with Gasteiger partial charge in [-0.2, -0.15) is 0 Å². The number of ether oxygens (including phenoxy) is 2. The maximum absolute atomic E-state index is 12.9. The van der Waals surface area contributed by atoms with E-state index in [0.29, 0.717) is 24.5 Å². The fourth-order valence-corrected chi connectivity index (χ4v) is 3.95. The van der Waals surface area contributed by atoms with Crippen LogP contribution in [0.15, 0.2) is 30.6 Å². The van der Waals surface area contributed by atoms with Crippen molar-refractivity contribution in [1.29, 1.82) is 0 Å². The van der Waals surface area contributed by atoms with Crippen molar-refractivity contribution in [3.63, 3.8) is 0 Å². The Balaban J connectivity index is 1.45. The van der Waals surface area contributed by atoms with Crippen molar-refractivity contribution in [1.82, 2.24) is 19.4 Å². The predicted molar refractivity (Wildman–Crippen MR) is 110 cm³/mol. The number of benzene rings is 1. The molecular weight excluding hydrogens is 370 g/mol. The number of anilines is 1. The Morgan fingerprint density at radius 3 is 2.66 bits per heavy atom. The molecule has 8 nitrogen and oxygen atoms in total. The van der Waals surface area contributed by atoms with Gasteiger partial charge in [0.1, 0.15) is 5.82 Å². The van der Waals surface area contributed by atoms with E-state index in [1.807, 2.05) is 54.8 Å². The van der Waals surface area contributed by atoms with E-state index in [9.17, 15) is 4.79 Å². The first-order valence-electron chi connectivity index (χ1n) is 10.2. The summed E-state index contributed by atoms with van der Waals surface area (Å²) in [5, 5.41) is 3.01. The molecule has 0 saturated carbocycles. The van der Waals surface area contributed by atoms with Gasteiger partial charge in [0, 0.05) is 63.7 Å². The Hall–Kier alpha value is -2.74. The molecular formula is C21H29N5O3. The third kappa shape index (κ3) is 3.64. The molecule has 2 amide bonds. The van der Waals surface area contributed by atoms with Gasteiger partial charge in [-0.25, -0.2) is 9.78 Å². The van der Waals surface area contributed by atoms with Gasteiger partial charge < -0.3 is 24.3 Å². The summed E-state index contributed by atoms with van der Waals surface area (Å²) >= 11 is 0. The number of piperazine rings is 1. The highest BCUT2D eigenvalue weighted by atomic mass is 16.7. The number of aromatic nitrogens is 2. The van der Waals surface area contributed by atoms with E-state index in [2.05, 4.69) is 22.2 Å². The molecule has 2 aliphatic rings. The Morgan fingerprint density at radius 1 is 1.21 bits per heavy atom. The van der Waals surface area contributed by atoms with E-state index in [4.69, 9.17) is 9.47 Å². The highest BCUT2D eigenvalue weighted by Gasteiger charge is 2.38. The van der Waals surface area contributed by atoms with Crippen LogP contribution >= 0.6 is 0 Å². The zero-order valence-corrected chi connectivity index (χ0v) is 17.5. The van der Waals surface area contributed by atoms with Crippen LogP contribution in [0, 0.1) is 0 Å². The molecule has 0 radical (unpaired) electrons. The maximum atomic E-state index is 12.9. The van der Waals surface area contributed by atoms with Crippen LogP contribution in [-0.2, 0) is 7.05 Å². The molecule has 1 aromatic heterocycles. The number of nitrogens with one attached hydrogen (secondary N) is 1. The van der Waals surface area contributed by atoms with E-state index < -0.39 is 5.79 Å². The van der Waals surface area contributed by atoms with Crippen LogP contribution in [0.5, 0.6) is 11.5 Å². The van der Waals surface area contributed by atoms with E-state index in [0.717, 1.165) is 31.0 Å². The Kier molecular flexibility index (Phi) is 5.12. The average Bonchev–Trinajstić information content (AvgIpc) is 3.31. The van der Waals surface area contributed by atoms with Gasteiger partial charge in [0.05, 0.1) is 6.04 Å². The normalized spacial score (nSPS) is 20.7. The SMILES string of the molecule is CCC1(CC)Oc2ccc(NC(=O)N3CCN(C)C(c4nccn4C)C3)cc2O1. The second kappa shape index (κ2) is 7.59. The second-order valence-corrected chi connectivity index (χ2v) is 7.75. The summed E-state index contributed by atoms with van der Waals surface area (Å²) < 4.78 is 14.0. The zero-order valence-electron chi connectivity index (χ0n) is 17.5. The molecule has 1 aromatic carbocycles. The lowest BCUT2D eigenvalue weighted by Crippen LogP contribution is -2.50. The summed E-state index contributed by atoms with van der Waals surface area (Å²) in [5.74, 6) is 1.76. The zero-order chi connectivity index (χ0) is 20.6. The molecule has 1 fully saturated rings. The number of nitrogens with zero attached hydrogens (tertiary/aromatic N) is 4. The lowest BCUT2D eigenvalue weighted by Gasteiger charge is -2.38. The fraction of sp³-hybridized carbons (Fsp3) is 0.524. The lowest BCUT2D eigenvalue weighted by atomic mass is 10.1. The van der Waals surface area contributed by atoms with Gasteiger partial charge in [0.15, 0.2) is 11.5 Å². The van der Waals surface area contributed by atoms with Gasteiger partial charge >= 0.3 is 6.03 Å². The summed E-state index contributed by atoms with van der Waals surface area (Å²) in [6, 6.07) is 5.51. The van der Waals surface area contributed by atoms with Crippen molar-refractivity contribution in [3.8, 4) is 11.5 Å². The van der Waals surface area contributed by atoms with E-state index in [1.165, 1.54) is 0 Å². The Morgan fingerprint density at radius 2 is 1.97 bits per heavy atom. The number of imidazole rings is 1. The van der Waals surface area contributed by atoms with Crippen molar-refractivity contribution in [2.45, 2.75) is 38.5 Å². The molecule has 4 rings (SSSR count). The molecule has 2 aliphatic heterocycles. The number of amides is 2. The molecule has 1 unspecified atom stereocenters. The highest BCUT2D eigenvalue weighted by Crippen LogP contribution is 2.43. The first kappa shape index (κ1) is 19.6. The van der Waals surface area contributed by atoms with Crippen LogP contribution in [0.2, 0.25) is 0 Å². The van der Waals surface area contributed by atoms with Gasteiger partial charge in [0.25, 0.3) is 5.79 Å². The van der Waals surface area contributed by atoms with E-state index in [1.54, 1.807) is 6.20 Å². The van der Waals surface area contributed by atoms with Crippen molar-refractivity contribution >= 4 is 11.7 Å². The molecule has 0 bridgehead atoms. The van der Waals surface area contributed by atoms with Gasteiger partial charge in [-0.1, -0.05) is 13.8 Å². The first-order chi connectivity index (χ1) is 13.9. The predicted octanol–water partition coefficient (Wildman–Crippen LogP) is 3.23. The van der Waals surface area contributed by atoms with Crippen LogP contribution < -0.4 is 14.8 Å². The number of hydrogen-bond acceptors (Lipinski definition) is 5. The monoisotopic (exact) mass is 399 g/mol. The summed E-state index contributed by atoms with van der Waals surface area (Å²) in [6.07, 6.45) is 5.24. The van der Waals surface area contributed by atoms with E-state index in [-0.39, 0.29) is 12.1 Å². The molecule has 8 heteroatoms. The summed E-state index contributed by atoms with van der Waals surface area (Å²) in [7, 11) is 4.05. The molecule has 1 N–H and O–H groups in total. The van der Waals surface area contributed by atoms with Crippen molar-refractivity contribution in [3.05, 3.63) is 36.4 Å². The minimum Gasteiger partial charge on any atom is -0.448 e. The smallest absolute Gasteiger partial charge is 0.321 e. The van der Waals surface area contributed by atoms with Gasteiger partial charge in [0.2, 0.25) is 0 Å². The standard InChI is InChI=1S/C21H29N5O3/c1-5-21(6-2)28-17-8-7-15(13-18(17)29-21)23-20(27)26-12-11-24(3)16(14-26)19-22-9-10-25(19)4/h7-10,13,16H,5-6,11-12,14H2,1-4H3,(H,23,27). The first-order valence-corrected chi connectivity index (χ1v) is 10.2. The number of carbonyl (C=O) groups excluding carboxylic acids is 1. The number of rotatable bonds is 4. The van der Waals surface area contributed by atoms with Crippen LogP contribution in [0.1, 0.15) is 38.6 Å². The van der Waals surface area contributed by atoms with Gasteiger partial charge in [-0.15, -0.1) is 0 Å². The van der Waals surface area contributed by atoms with Crippen LogP contribution in [0.4, 0.5) is 10.5 Å². The van der Waals surface area contributed by atoms with Crippen molar-refractivity contribution in [2.75, 3.05) is 32.0 Å².